The van der Waals surface area contributed by atoms with Crippen LogP contribution in [-0.4, -0.2) is 43.2 Å². The Morgan fingerprint density at radius 2 is 1.65 bits per heavy atom. The lowest BCUT2D eigenvalue weighted by Crippen LogP contribution is -2.32. The fourth-order valence-electron chi connectivity index (χ4n) is 4.53. The lowest BCUT2D eigenvalue weighted by atomic mass is 9.86. The fourth-order valence-corrected chi connectivity index (χ4v) is 4.53. The summed E-state index contributed by atoms with van der Waals surface area (Å²) in [6.45, 7) is 2.24. The summed E-state index contributed by atoms with van der Waals surface area (Å²) in [5.41, 5.74) is 2.43. The summed E-state index contributed by atoms with van der Waals surface area (Å²) < 4.78 is 0. The zero-order valence-electron chi connectivity index (χ0n) is 18.8. The normalized spacial score (nSPS) is 18.8. The maximum absolute atomic E-state index is 4.80. The Balaban J connectivity index is 1.21. The molecule has 3 aromatic rings. The van der Waals surface area contributed by atoms with E-state index in [0.717, 1.165) is 48.1 Å². The second-order valence-electron chi connectivity index (χ2n) is 8.94. The topological polar surface area (TPSA) is 53.1 Å². The molecule has 1 fully saturated rings. The third kappa shape index (κ3) is 5.95. The average molecular weight is 418 g/mol. The molecule has 0 bridgehead atoms. The molecule has 0 saturated heterocycles. The van der Waals surface area contributed by atoms with Gasteiger partial charge in [0.15, 0.2) is 0 Å². The number of para-hydroxylation sites is 1. The molecule has 0 amide bonds. The number of aromatic nitrogens is 2. The quantitative estimate of drug-likeness (QED) is 0.486. The SMILES string of the molecule is CN(C)c1nc(NC2CCC(CNCCCc3ccccc3)CC2)nc2ccccc12. The first-order valence-electron chi connectivity index (χ1n) is 11.6. The highest BCUT2D eigenvalue weighted by atomic mass is 15.2. The number of hydrogen-bond donors (Lipinski definition) is 2. The van der Waals surface area contributed by atoms with Gasteiger partial charge >= 0.3 is 0 Å². The Morgan fingerprint density at radius 3 is 2.42 bits per heavy atom. The second-order valence-corrected chi connectivity index (χ2v) is 8.94. The van der Waals surface area contributed by atoms with Crippen molar-refractivity contribution in [2.75, 3.05) is 37.4 Å². The van der Waals surface area contributed by atoms with Gasteiger partial charge in [-0.1, -0.05) is 42.5 Å². The summed E-state index contributed by atoms with van der Waals surface area (Å²) in [6.07, 6.45) is 7.25. The summed E-state index contributed by atoms with van der Waals surface area (Å²) >= 11 is 0. The molecule has 5 heteroatoms. The van der Waals surface area contributed by atoms with E-state index in [9.17, 15) is 0 Å². The third-order valence-corrected chi connectivity index (χ3v) is 6.28. The first kappa shape index (κ1) is 21.6. The number of anilines is 2. The molecular weight excluding hydrogens is 382 g/mol. The predicted octanol–water partition coefficient (Wildman–Crippen LogP) is 4.89. The van der Waals surface area contributed by atoms with Crippen LogP contribution in [0.5, 0.6) is 0 Å². The first-order chi connectivity index (χ1) is 15.2. The second kappa shape index (κ2) is 10.6. The van der Waals surface area contributed by atoms with Crippen molar-refractivity contribution in [2.45, 2.75) is 44.6 Å². The van der Waals surface area contributed by atoms with Crippen LogP contribution >= 0.6 is 0 Å². The van der Waals surface area contributed by atoms with Gasteiger partial charge in [0.2, 0.25) is 5.95 Å². The number of hydrogen-bond acceptors (Lipinski definition) is 5. The number of fused-ring (bicyclic) bond motifs is 1. The molecule has 1 aliphatic rings. The number of benzene rings is 2. The highest BCUT2D eigenvalue weighted by Gasteiger charge is 2.22. The van der Waals surface area contributed by atoms with Gasteiger partial charge in [-0.05, 0) is 75.2 Å². The molecule has 1 aliphatic carbocycles. The minimum Gasteiger partial charge on any atom is -0.362 e. The van der Waals surface area contributed by atoms with Crippen LogP contribution in [0.2, 0.25) is 0 Å². The lowest BCUT2D eigenvalue weighted by Gasteiger charge is -2.29. The Kier molecular flexibility index (Phi) is 7.36. The molecule has 0 unspecified atom stereocenters. The van der Waals surface area contributed by atoms with Crippen molar-refractivity contribution in [3.63, 3.8) is 0 Å². The first-order valence-corrected chi connectivity index (χ1v) is 11.6. The van der Waals surface area contributed by atoms with Crippen molar-refractivity contribution in [3.8, 4) is 0 Å². The van der Waals surface area contributed by atoms with E-state index >= 15 is 0 Å². The third-order valence-electron chi connectivity index (χ3n) is 6.28. The average Bonchev–Trinajstić information content (AvgIpc) is 2.80. The number of aryl methyl sites for hydroxylation is 1. The molecule has 0 aliphatic heterocycles. The van der Waals surface area contributed by atoms with E-state index < -0.39 is 0 Å². The predicted molar refractivity (Wildman–Crippen MR) is 131 cm³/mol. The molecule has 1 saturated carbocycles. The standard InChI is InChI=1S/C26H35N5/c1-31(2)25-23-12-6-7-13-24(23)29-26(30-25)28-22-16-14-21(15-17-22)19-27-18-8-11-20-9-4-3-5-10-20/h3-7,9-10,12-13,21-22,27H,8,11,14-19H2,1-2H3,(H,28,29,30). The number of nitrogens with one attached hydrogen (secondary N) is 2. The molecule has 164 valence electrons. The zero-order valence-corrected chi connectivity index (χ0v) is 18.8. The van der Waals surface area contributed by atoms with E-state index in [2.05, 4.69) is 58.0 Å². The molecule has 0 atom stereocenters. The van der Waals surface area contributed by atoms with E-state index in [1.54, 1.807) is 0 Å². The molecule has 0 radical (unpaired) electrons. The molecule has 0 spiro atoms. The van der Waals surface area contributed by atoms with Crippen LogP contribution in [0.25, 0.3) is 10.9 Å². The van der Waals surface area contributed by atoms with Crippen LogP contribution in [-0.2, 0) is 6.42 Å². The minimum absolute atomic E-state index is 0.463. The van der Waals surface area contributed by atoms with Crippen molar-refractivity contribution in [2.24, 2.45) is 5.92 Å². The maximum atomic E-state index is 4.80. The largest absolute Gasteiger partial charge is 0.362 e. The number of rotatable bonds is 9. The molecule has 2 N–H and O–H groups in total. The monoisotopic (exact) mass is 417 g/mol. The van der Waals surface area contributed by atoms with E-state index in [1.807, 2.05) is 26.2 Å². The summed E-state index contributed by atoms with van der Waals surface area (Å²) in [5.74, 6) is 2.51. The smallest absolute Gasteiger partial charge is 0.225 e. The Labute approximate surface area is 186 Å². The van der Waals surface area contributed by atoms with Crippen molar-refractivity contribution < 1.29 is 0 Å². The number of nitrogens with zero attached hydrogens (tertiary/aromatic N) is 3. The summed E-state index contributed by atoms with van der Waals surface area (Å²) in [5, 5.41) is 8.39. The van der Waals surface area contributed by atoms with Gasteiger partial charge in [0, 0.05) is 25.5 Å². The van der Waals surface area contributed by atoms with E-state index in [0.29, 0.717) is 6.04 Å². The molecule has 31 heavy (non-hydrogen) atoms. The lowest BCUT2D eigenvalue weighted by molar-refractivity contribution is 0.324. The van der Waals surface area contributed by atoms with Crippen LogP contribution in [0.15, 0.2) is 54.6 Å². The van der Waals surface area contributed by atoms with Crippen molar-refractivity contribution in [1.29, 1.82) is 0 Å². The van der Waals surface area contributed by atoms with Crippen molar-refractivity contribution in [3.05, 3.63) is 60.2 Å². The van der Waals surface area contributed by atoms with Crippen molar-refractivity contribution in [1.82, 2.24) is 15.3 Å². The molecule has 4 rings (SSSR count). The highest BCUT2D eigenvalue weighted by Crippen LogP contribution is 2.28. The van der Waals surface area contributed by atoms with Gasteiger partial charge < -0.3 is 15.5 Å². The molecule has 1 aromatic heterocycles. The zero-order chi connectivity index (χ0) is 21.5. The van der Waals surface area contributed by atoms with E-state index in [4.69, 9.17) is 9.97 Å². The fraction of sp³-hybridized carbons (Fsp3) is 0.462. The summed E-state index contributed by atoms with van der Waals surface area (Å²) in [7, 11) is 4.08. The Hall–Kier alpha value is -2.66. The Bertz CT molecular complexity index is 948. The van der Waals surface area contributed by atoms with Gasteiger partial charge in [-0.3, -0.25) is 0 Å². The van der Waals surface area contributed by atoms with Crippen LogP contribution in [0, 0.1) is 5.92 Å². The highest BCUT2D eigenvalue weighted by molar-refractivity contribution is 5.90. The molecule has 5 nitrogen and oxygen atoms in total. The van der Waals surface area contributed by atoms with Gasteiger partial charge in [0.25, 0.3) is 0 Å². The van der Waals surface area contributed by atoms with E-state index in [-0.39, 0.29) is 0 Å². The molecule has 1 heterocycles. The summed E-state index contributed by atoms with van der Waals surface area (Å²) in [4.78, 5) is 11.6. The molecule has 2 aromatic carbocycles. The van der Waals surface area contributed by atoms with Gasteiger partial charge in [0.05, 0.1) is 5.52 Å². The maximum Gasteiger partial charge on any atom is 0.225 e. The van der Waals surface area contributed by atoms with Gasteiger partial charge in [-0.2, -0.15) is 4.98 Å². The Morgan fingerprint density at radius 1 is 0.903 bits per heavy atom. The van der Waals surface area contributed by atoms with Gasteiger partial charge in [0.1, 0.15) is 5.82 Å². The van der Waals surface area contributed by atoms with Gasteiger partial charge in [-0.25, -0.2) is 4.98 Å². The van der Waals surface area contributed by atoms with Gasteiger partial charge in [-0.15, -0.1) is 0 Å². The van der Waals surface area contributed by atoms with Crippen molar-refractivity contribution >= 4 is 22.7 Å². The summed E-state index contributed by atoms with van der Waals surface area (Å²) in [6, 6.07) is 19.5. The van der Waals surface area contributed by atoms with Crippen LogP contribution in [0.1, 0.15) is 37.7 Å². The van der Waals surface area contributed by atoms with E-state index in [1.165, 1.54) is 37.7 Å². The van der Waals surface area contributed by atoms with Crippen LogP contribution in [0.4, 0.5) is 11.8 Å². The molecular formula is C26H35N5. The minimum atomic E-state index is 0.463. The van der Waals surface area contributed by atoms with Crippen LogP contribution < -0.4 is 15.5 Å². The van der Waals surface area contributed by atoms with Crippen LogP contribution in [0.3, 0.4) is 0 Å².